The topological polar surface area (TPSA) is 37.3 Å². The molecule has 3 heteroatoms. The van der Waals surface area contributed by atoms with Gasteiger partial charge in [0.05, 0.1) is 5.56 Å². The summed E-state index contributed by atoms with van der Waals surface area (Å²) in [5.74, 6) is 0.110. The molecule has 4 aromatic rings. The van der Waals surface area contributed by atoms with Crippen LogP contribution in [0.5, 0.6) is 0 Å². The summed E-state index contributed by atoms with van der Waals surface area (Å²) in [5.41, 5.74) is 6.23. The van der Waals surface area contributed by atoms with E-state index in [-0.39, 0.29) is 11.7 Å². The maximum absolute atomic E-state index is 14.3. The molecule has 4 aromatic carbocycles. The van der Waals surface area contributed by atoms with Crippen LogP contribution in [0.25, 0.3) is 10.8 Å². The van der Waals surface area contributed by atoms with Crippen LogP contribution < -0.4 is 0 Å². The van der Waals surface area contributed by atoms with Gasteiger partial charge in [-0.2, -0.15) is 0 Å². The van der Waals surface area contributed by atoms with Gasteiger partial charge < -0.3 is 5.11 Å². The lowest BCUT2D eigenvalue weighted by atomic mass is 9.72. The van der Waals surface area contributed by atoms with E-state index in [4.69, 9.17) is 0 Å². The van der Waals surface area contributed by atoms with Gasteiger partial charge in [-0.05, 0) is 83.4 Å². The van der Waals surface area contributed by atoms with Crippen molar-refractivity contribution in [1.29, 1.82) is 0 Å². The van der Waals surface area contributed by atoms with Crippen LogP contribution in [0.1, 0.15) is 82.6 Å². The molecule has 0 aromatic heterocycles. The van der Waals surface area contributed by atoms with Crippen LogP contribution in [0, 0.1) is 18.7 Å². The molecule has 0 fully saturated rings. The van der Waals surface area contributed by atoms with E-state index >= 15 is 0 Å². The summed E-state index contributed by atoms with van der Waals surface area (Å²) in [5, 5.41) is 11.4. The summed E-state index contributed by atoms with van der Waals surface area (Å²) in [6.45, 7) is 4.11. The van der Waals surface area contributed by atoms with Crippen molar-refractivity contribution in [1.82, 2.24) is 0 Å². The van der Waals surface area contributed by atoms with Gasteiger partial charge in [0.1, 0.15) is 5.82 Å². The van der Waals surface area contributed by atoms with Crippen LogP contribution in [0.3, 0.4) is 0 Å². The van der Waals surface area contributed by atoms with Crippen molar-refractivity contribution in [3.8, 4) is 0 Å². The summed E-state index contributed by atoms with van der Waals surface area (Å²) in [7, 11) is 0. The third-order valence-corrected chi connectivity index (χ3v) is 8.09. The minimum absolute atomic E-state index is 0.157. The number of fused-ring (bicyclic) bond motifs is 2. The number of aromatic carboxylic acids is 1. The van der Waals surface area contributed by atoms with Crippen LogP contribution >= 0.6 is 0 Å². The van der Waals surface area contributed by atoms with E-state index in [2.05, 4.69) is 37.3 Å². The Labute approximate surface area is 212 Å². The molecule has 0 heterocycles. The largest absolute Gasteiger partial charge is 0.478 e. The number of benzene rings is 4. The Morgan fingerprint density at radius 1 is 1.00 bits per heavy atom. The summed E-state index contributed by atoms with van der Waals surface area (Å²) in [6.07, 6.45) is 5.41. The molecule has 2 nitrogen and oxygen atoms in total. The first-order valence-electron chi connectivity index (χ1n) is 13.0. The van der Waals surface area contributed by atoms with Gasteiger partial charge in [0.15, 0.2) is 0 Å². The van der Waals surface area contributed by atoms with Gasteiger partial charge in [0.25, 0.3) is 0 Å². The molecule has 184 valence electrons. The number of carboxylic acid groups (broad SMARTS) is 1. The van der Waals surface area contributed by atoms with E-state index in [1.807, 2.05) is 49.4 Å². The van der Waals surface area contributed by atoms with Crippen molar-refractivity contribution in [2.45, 2.75) is 57.8 Å². The van der Waals surface area contributed by atoms with E-state index < -0.39 is 5.97 Å². The lowest BCUT2D eigenvalue weighted by molar-refractivity contribution is 0.0696. The smallest absolute Gasteiger partial charge is 0.335 e. The molecule has 5 rings (SSSR count). The van der Waals surface area contributed by atoms with Gasteiger partial charge in [0, 0.05) is 11.3 Å². The minimum Gasteiger partial charge on any atom is -0.478 e. The number of aryl methyl sites for hydroxylation is 1. The minimum atomic E-state index is -0.864. The fourth-order valence-electron chi connectivity index (χ4n) is 6.12. The molecule has 0 saturated heterocycles. The Kier molecular flexibility index (Phi) is 6.91. The van der Waals surface area contributed by atoms with Crippen LogP contribution in [-0.2, 0) is 6.42 Å². The molecule has 0 bridgehead atoms. The van der Waals surface area contributed by atoms with Crippen molar-refractivity contribution in [2.24, 2.45) is 5.92 Å². The molecule has 0 aliphatic heterocycles. The number of hydrogen-bond donors (Lipinski definition) is 1. The van der Waals surface area contributed by atoms with E-state index in [0.29, 0.717) is 22.8 Å². The highest BCUT2D eigenvalue weighted by atomic mass is 19.1. The summed E-state index contributed by atoms with van der Waals surface area (Å²) < 4.78 is 14.3. The lowest BCUT2D eigenvalue weighted by Gasteiger charge is -2.32. The number of halogens is 1. The van der Waals surface area contributed by atoms with Crippen molar-refractivity contribution < 1.29 is 14.3 Å². The first-order chi connectivity index (χ1) is 17.4. The molecular weight excluding hydrogens is 447 g/mol. The van der Waals surface area contributed by atoms with Crippen LogP contribution in [0.4, 0.5) is 4.39 Å². The van der Waals surface area contributed by atoms with Crippen molar-refractivity contribution >= 4 is 16.7 Å². The molecule has 1 aliphatic carbocycles. The Bertz CT molecular complexity index is 1410. The van der Waals surface area contributed by atoms with Crippen LogP contribution in [-0.4, -0.2) is 11.1 Å². The van der Waals surface area contributed by atoms with E-state index in [9.17, 15) is 14.3 Å². The molecule has 0 spiro atoms. The highest BCUT2D eigenvalue weighted by molar-refractivity contribution is 5.89. The van der Waals surface area contributed by atoms with Crippen molar-refractivity contribution in [3.05, 3.63) is 118 Å². The highest BCUT2D eigenvalue weighted by Gasteiger charge is 2.28. The number of carboxylic acids is 1. The molecule has 1 aliphatic rings. The predicted molar refractivity (Wildman–Crippen MR) is 144 cm³/mol. The van der Waals surface area contributed by atoms with Crippen LogP contribution in [0.2, 0.25) is 0 Å². The van der Waals surface area contributed by atoms with Gasteiger partial charge in [0.2, 0.25) is 0 Å². The van der Waals surface area contributed by atoms with Gasteiger partial charge >= 0.3 is 5.97 Å². The fraction of sp³-hybridized carbons (Fsp3) is 0.303. The third kappa shape index (κ3) is 4.80. The Morgan fingerprint density at radius 2 is 1.75 bits per heavy atom. The zero-order valence-electron chi connectivity index (χ0n) is 21.0. The summed E-state index contributed by atoms with van der Waals surface area (Å²) in [4.78, 5) is 11.8. The maximum Gasteiger partial charge on any atom is 0.335 e. The summed E-state index contributed by atoms with van der Waals surface area (Å²) in [6, 6.07) is 25.9. The predicted octanol–water partition coefficient (Wildman–Crippen LogP) is 8.65. The second-order valence-corrected chi connectivity index (χ2v) is 10.5. The summed E-state index contributed by atoms with van der Waals surface area (Å²) >= 11 is 0. The molecule has 0 radical (unpaired) electrons. The van der Waals surface area contributed by atoms with E-state index in [1.165, 1.54) is 16.7 Å². The fourth-order valence-corrected chi connectivity index (χ4v) is 6.12. The molecule has 3 atom stereocenters. The standard InChI is InChI=1S/C33H33FO2/c1-21(26-16-17-32(34)29-13-6-5-12-28(26)29)8-7-9-23-18-24-10-3-4-11-27(24)31(19-23)25-15-14-22(2)30(20-25)33(35)36/h3-6,10-17,20-21,23,31H,7-9,18-19H2,1-2H3,(H,35,36)/t21-,23+,31?/m0/s1. The van der Waals surface area contributed by atoms with E-state index in [1.54, 1.807) is 6.07 Å². The van der Waals surface area contributed by atoms with Crippen LogP contribution in [0.15, 0.2) is 78.9 Å². The molecular formula is C33H33FO2. The first-order valence-corrected chi connectivity index (χ1v) is 13.0. The normalized spacial score (nSPS) is 18.1. The van der Waals surface area contributed by atoms with Crippen molar-refractivity contribution in [3.63, 3.8) is 0 Å². The van der Waals surface area contributed by atoms with E-state index in [0.717, 1.165) is 48.6 Å². The average Bonchev–Trinajstić information content (AvgIpc) is 2.88. The number of rotatable bonds is 7. The molecule has 0 amide bonds. The molecule has 1 unspecified atom stereocenters. The SMILES string of the molecule is Cc1ccc(C2C[C@H](CCC[C@H](C)c3ccc(F)c4ccccc34)Cc3ccccc32)cc1C(=O)O. The first kappa shape index (κ1) is 24.2. The molecule has 0 saturated carbocycles. The highest BCUT2D eigenvalue weighted by Crippen LogP contribution is 2.42. The quantitative estimate of drug-likeness (QED) is 0.287. The van der Waals surface area contributed by atoms with Crippen molar-refractivity contribution in [2.75, 3.05) is 0 Å². The Hall–Kier alpha value is -3.46. The lowest BCUT2D eigenvalue weighted by Crippen LogP contribution is -2.20. The third-order valence-electron chi connectivity index (χ3n) is 8.09. The van der Waals surface area contributed by atoms with Gasteiger partial charge in [-0.25, -0.2) is 9.18 Å². The second kappa shape index (κ2) is 10.3. The van der Waals surface area contributed by atoms with Gasteiger partial charge in [-0.1, -0.05) is 86.5 Å². The average molecular weight is 481 g/mol. The van der Waals surface area contributed by atoms with Gasteiger partial charge in [-0.15, -0.1) is 0 Å². The zero-order chi connectivity index (χ0) is 25.2. The zero-order valence-corrected chi connectivity index (χ0v) is 21.0. The number of hydrogen-bond acceptors (Lipinski definition) is 1. The Balaban J connectivity index is 1.32. The monoisotopic (exact) mass is 480 g/mol. The second-order valence-electron chi connectivity index (χ2n) is 10.5. The molecule has 36 heavy (non-hydrogen) atoms. The maximum atomic E-state index is 14.3. The van der Waals surface area contributed by atoms with Gasteiger partial charge in [-0.3, -0.25) is 0 Å². The molecule has 1 N–H and O–H groups in total. The Morgan fingerprint density at radius 3 is 2.56 bits per heavy atom. The number of carbonyl (C=O) groups is 1.